The number of nitrogens with zero attached hydrogens (tertiary/aromatic N) is 1. The molecular formula is C24H19NO2. The highest BCUT2D eigenvalue weighted by atomic mass is 16.7. The number of hydrogen-bond acceptors (Lipinski definition) is 3. The molecule has 0 N–H and O–H groups in total. The molecule has 132 valence electrons. The fourth-order valence-corrected chi connectivity index (χ4v) is 3.10. The van der Waals surface area contributed by atoms with Crippen LogP contribution in [0.25, 0.3) is 11.3 Å². The largest absolute Gasteiger partial charge is 0.458 e. The van der Waals surface area contributed by atoms with Crippen LogP contribution in [0.4, 0.5) is 0 Å². The van der Waals surface area contributed by atoms with E-state index in [2.05, 4.69) is 35.9 Å². The van der Waals surface area contributed by atoms with Crippen molar-refractivity contribution in [1.82, 2.24) is 4.98 Å². The van der Waals surface area contributed by atoms with E-state index in [0.717, 1.165) is 28.0 Å². The van der Waals surface area contributed by atoms with Gasteiger partial charge < -0.3 is 9.47 Å². The number of rotatable bonds is 2. The number of ether oxygens (including phenoxy) is 2. The molecule has 1 aliphatic rings. The Morgan fingerprint density at radius 3 is 2.59 bits per heavy atom. The second-order valence-electron chi connectivity index (χ2n) is 6.32. The first-order valence-corrected chi connectivity index (χ1v) is 8.79. The van der Waals surface area contributed by atoms with Gasteiger partial charge >= 0.3 is 0 Å². The van der Waals surface area contributed by atoms with E-state index >= 15 is 0 Å². The third-order valence-electron chi connectivity index (χ3n) is 4.38. The SMILES string of the molecule is COC1OC(c2ccccc2)=C(C#Cc2cccc(C)c2)c2ncccc21. The van der Waals surface area contributed by atoms with Crippen molar-refractivity contribution in [3.8, 4) is 11.8 Å². The first-order valence-electron chi connectivity index (χ1n) is 8.79. The topological polar surface area (TPSA) is 31.4 Å². The van der Waals surface area contributed by atoms with Crippen molar-refractivity contribution in [1.29, 1.82) is 0 Å². The van der Waals surface area contributed by atoms with Crippen molar-refractivity contribution < 1.29 is 9.47 Å². The number of methoxy groups -OCH3 is 1. The molecular weight excluding hydrogens is 334 g/mol. The normalized spacial score (nSPS) is 15.4. The fraction of sp³-hybridized carbons (Fsp3) is 0.125. The molecule has 0 bridgehead atoms. The molecule has 27 heavy (non-hydrogen) atoms. The number of aryl methyl sites for hydroxylation is 1. The standard InChI is InChI=1S/C24H19NO2/c1-17-8-6-9-18(16-17)13-14-20-22-21(12-7-15-25-22)24(26-2)27-23(20)19-10-4-3-5-11-19/h3-12,15-16,24H,1-2H3. The molecule has 3 nitrogen and oxygen atoms in total. The van der Waals surface area contributed by atoms with Crippen LogP contribution in [0.5, 0.6) is 0 Å². The monoisotopic (exact) mass is 353 g/mol. The molecule has 2 heterocycles. The van der Waals surface area contributed by atoms with E-state index in [1.165, 1.54) is 5.56 Å². The van der Waals surface area contributed by atoms with Gasteiger partial charge in [0.05, 0.1) is 11.3 Å². The second kappa shape index (κ2) is 7.49. The van der Waals surface area contributed by atoms with Gasteiger partial charge in [-0.1, -0.05) is 54.3 Å². The molecule has 1 aromatic heterocycles. The van der Waals surface area contributed by atoms with Crippen LogP contribution in [0, 0.1) is 18.8 Å². The minimum absolute atomic E-state index is 0.506. The number of aromatic nitrogens is 1. The predicted molar refractivity (Wildman–Crippen MR) is 106 cm³/mol. The molecule has 0 radical (unpaired) electrons. The Morgan fingerprint density at radius 1 is 0.963 bits per heavy atom. The molecule has 0 saturated carbocycles. The molecule has 0 saturated heterocycles. The lowest BCUT2D eigenvalue weighted by molar-refractivity contribution is -0.0771. The average Bonchev–Trinajstić information content (AvgIpc) is 2.72. The van der Waals surface area contributed by atoms with E-state index in [0.29, 0.717) is 5.76 Å². The summed E-state index contributed by atoms with van der Waals surface area (Å²) in [5.74, 6) is 7.25. The fourth-order valence-electron chi connectivity index (χ4n) is 3.10. The van der Waals surface area contributed by atoms with E-state index in [-0.39, 0.29) is 0 Å². The number of fused-ring (bicyclic) bond motifs is 1. The summed E-state index contributed by atoms with van der Waals surface area (Å²) in [4.78, 5) is 4.58. The van der Waals surface area contributed by atoms with Crippen LogP contribution in [0.3, 0.4) is 0 Å². The average molecular weight is 353 g/mol. The zero-order valence-electron chi connectivity index (χ0n) is 15.3. The van der Waals surface area contributed by atoms with E-state index in [1.54, 1.807) is 13.3 Å². The summed E-state index contributed by atoms with van der Waals surface area (Å²) in [7, 11) is 1.63. The van der Waals surface area contributed by atoms with Crippen molar-refractivity contribution in [3.05, 3.63) is 101 Å². The van der Waals surface area contributed by atoms with Crippen LogP contribution in [0.2, 0.25) is 0 Å². The van der Waals surface area contributed by atoms with Crippen LogP contribution in [0.15, 0.2) is 72.9 Å². The molecule has 4 rings (SSSR count). The van der Waals surface area contributed by atoms with Crippen LogP contribution in [-0.2, 0) is 9.47 Å². The summed E-state index contributed by atoms with van der Waals surface area (Å²) in [6, 6.07) is 21.9. The van der Waals surface area contributed by atoms with Crippen molar-refractivity contribution in [2.45, 2.75) is 13.2 Å². The van der Waals surface area contributed by atoms with E-state index in [9.17, 15) is 0 Å². The predicted octanol–water partition coefficient (Wildman–Crippen LogP) is 4.99. The van der Waals surface area contributed by atoms with Gasteiger partial charge in [-0.25, -0.2) is 0 Å². The zero-order chi connectivity index (χ0) is 18.6. The number of allylic oxidation sites excluding steroid dienone is 1. The van der Waals surface area contributed by atoms with Crippen LogP contribution in [0.1, 0.15) is 34.2 Å². The highest BCUT2D eigenvalue weighted by Gasteiger charge is 2.29. The highest BCUT2D eigenvalue weighted by molar-refractivity contribution is 5.97. The lowest BCUT2D eigenvalue weighted by Gasteiger charge is -2.27. The van der Waals surface area contributed by atoms with Crippen LogP contribution >= 0.6 is 0 Å². The molecule has 2 aromatic carbocycles. The number of benzene rings is 2. The molecule has 0 amide bonds. The summed E-state index contributed by atoms with van der Waals surface area (Å²) >= 11 is 0. The molecule has 3 aromatic rings. The molecule has 1 unspecified atom stereocenters. The highest BCUT2D eigenvalue weighted by Crippen LogP contribution is 2.39. The maximum absolute atomic E-state index is 6.19. The first kappa shape index (κ1) is 17.1. The Bertz CT molecular complexity index is 1060. The molecule has 0 spiro atoms. The number of pyridine rings is 1. The van der Waals surface area contributed by atoms with Gasteiger partial charge in [0.25, 0.3) is 0 Å². The smallest absolute Gasteiger partial charge is 0.228 e. The van der Waals surface area contributed by atoms with Gasteiger partial charge in [0.2, 0.25) is 6.29 Å². The zero-order valence-corrected chi connectivity index (χ0v) is 15.3. The van der Waals surface area contributed by atoms with Crippen molar-refractivity contribution in [2.24, 2.45) is 0 Å². The van der Waals surface area contributed by atoms with Gasteiger partial charge in [0.1, 0.15) is 5.76 Å². The third kappa shape index (κ3) is 3.48. The van der Waals surface area contributed by atoms with E-state index in [4.69, 9.17) is 9.47 Å². The molecule has 0 aliphatic carbocycles. The molecule has 3 heteroatoms. The van der Waals surface area contributed by atoms with Gasteiger partial charge in [0.15, 0.2) is 0 Å². The minimum atomic E-state index is -0.506. The number of hydrogen-bond donors (Lipinski definition) is 0. The summed E-state index contributed by atoms with van der Waals surface area (Å²) < 4.78 is 11.7. The lowest BCUT2D eigenvalue weighted by atomic mass is 9.98. The summed E-state index contributed by atoms with van der Waals surface area (Å²) in [6.45, 7) is 2.06. The van der Waals surface area contributed by atoms with E-state index in [1.807, 2.05) is 54.6 Å². The quantitative estimate of drug-likeness (QED) is 0.609. The van der Waals surface area contributed by atoms with Crippen molar-refractivity contribution in [3.63, 3.8) is 0 Å². The Kier molecular flexibility index (Phi) is 4.74. The van der Waals surface area contributed by atoms with Gasteiger partial charge in [-0.05, 0) is 36.8 Å². The summed E-state index contributed by atoms with van der Waals surface area (Å²) in [5.41, 5.74) is 5.54. The summed E-state index contributed by atoms with van der Waals surface area (Å²) in [6.07, 6.45) is 1.27. The summed E-state index contributed by atoms with van der Waals surface area (Å²) in [5, 5.41) is 0. The first-order chi connectivity index (χ1) is 13.3. The molecule has 1 aliphatic heterocycles. The molecule has 1 atom stereocenters. The van der Waals surface area contributed by atoms with Crippen molar-refractivity contribution in [2.75, 3.05) is 7.11 Å². The maximum Gasteiger partial charge on any atom is 0.228 e. The Morgan fingerprint density at radius 2 is 1.81 bits per heavy atom. The van der Waals surface area contributed by atoms with E-state index < -0.39 is 6.29 Å². The van der Waals surface area contributed by atoms with Gasteiger partial charge in [0, 0.05) is 30.0 Å². The minimum Gasteiger partial charge on any atom is -0.458 e. The second-order valence-corrected chi connectivity index (χ2v) is 6.32. The Labute approximate surface area is 159 Å². The van der Waals surface area contributed by atoms with Gasteiger partial charge in [-0.3, -0.25) is 4.98 Å². The Hall–Kier alpha value is -3.35. The lowest BCUT2D eigenvalue weighted by Crippen LogP contribution is -2.16. The van der Waals surface area contributed by atoms with Gasteiger partial charge in [-0.15, -0.1) is 0 Å². The third-order valence-corrected chi connectivity index (χ3v) is 4.38. The van der Waals surface area contributed by atoms with Crippen LogP contribution in [-0.4, -0.2) is 12.1 Å². The maximum atomic E-state index is 6.19. The van der Waals surface area contributed by atoms with Crippen molar-refractivity contribution >= 4 is 11.3 Å². The van der Waals surface area contributed by atoms with Gasteiger partial charge in [-0.2, -0.15) is 0 Å². The Balaban J connectivity index is 1.91. The molecule has 0 fully saturated rings. The van der Waals surface area contributed by atoms with Crippen LogP contribution < -0.4 is 0 Å².